The molecule has 0 aromatic carbocycles. The van der Waals surface area contributed by atoms with Gasteiger partial charge in [-0.25, -0.2) is 0 Å². The lowest BCUT2D eigenvalue weighted by molar-refractivity contribution is -0.156. The lowest BCUT2D eigenvalue weighted by Gasteiger charge is -2.36. The molecular weight excluding hydrogens is 496 g/mol. The molecule has 5 N–H and O–H groups in total. The van der Waals surface area contributed by atoms with Crippen LogP contribution < -0.4 is 0 Å². The van der Waals surface area contributed by atoms with Crippen LogP contribution in [0.5, 0.6) is 0 Å². The molecular formula is C28H50O10. The molecule has 2 rings (SSSR count). The minimum absolute atomic E-state index is 0.0628. The van der Waals surface area contributed by atoms with Gasteiger partial charge in [0, 0.05) is 18.3 Å². The van der Waals surface area contributed by atoms with E-state index in [1.807, 2.05) is 6.92 Å². The average Bonchev–Trinajstić information content (AvgIpc) is 3.16. The summed E-state index contributed by atoms with van der Waals surface area (Å²) in [6.07, 6.45) is 10.9. The van der Waals surface area contributed by atoms with Crippen molar-refractivity contribution >= 4 is 23.9 Å². The molecule has 3 unspecified atom stereocenters. The molecule has 222 valence electrons. The molecule has 0 bridgehead atoms. The second kappa shape index (κ2) is 19.1. The van der Waals surface area contributed by atoms with Crippen LogP contribution >= 0.6 is 0 Å². The molecule has 10 nitrogen and oxygen atoms in total. The number of carboxylic acid groups (broad SMARTS) is 2. The van der Waals surface area contributed by atoms with E-state index in [-0.39, 0.29) is 50.5 Å². The molecule has 0 spiro atoms. The first-order chi connectivity index (χ1) is 18.0. The number of hydrogen-bond donors (Lipinski definition) is 5. The fraction of sp³-hybridized carbons (Fsp3) is 0.857. The first-order valence-electron chi connectivity index (χ1n) is 14.0. The van der Waals surface area contributed by atoms with E-state index in [1.165, 1.54) is 19.3 Å². The van der Waals surface area contributed by atoms with Crippen LogP contribution in [0.1, 0.15) is 111 Å². The van der Waals surface area contributed by atoms with Crippen LogP contribution in [0.3, 0.4) is 0 Å². The summed E-state index contributed by atoms with van der Waals surface area (Å²) in [5, 5.41) is 42.2. The highest BCUT2D eigenvalue weighted by Crippen LogP contribution is 2.51. The number of esters is 2. The topological polar surface area (TPSA) is 179 Å². The molecule has 1 saturated heterocycles. The third-order valence-corrected chi connectivity index (χ3v) is 7.90. The zero-order valence-electron chi connectivity index (χ0n) is 23.5. The molecule has 1 aliphatic carbocycles. The van der Waals surface area contributed by atoms with Gasteiger partial charge >= 0.3 is 23.9 Å². The summed E-state index contributed by atoms with van der Waals surface area (Å²) in [6, 6.07) is 0. The molecule has 38 heavy (non-hydrogen) atoms. The number of rotatable bonds is 15. The van der Waals surface area contributed by atoms with Gasteiger partial charge in [0.05, 0.1) is 31.2 Å². The average molecular weight is 547 g/mol. The molecule has 0 radical (unpaired) electrons. The van der Waals surface area contributed by atoms with Gasteiger partial charge in [-0.1, -0.05) is 59.3 Å². The summed E-state index contributed by atoms with van der Waals surface area (Å²) in [6.45, 7) is 5.74. The third-order valence-electron chi connectivity index (χ3n) is 7.90. The fourth-order valence-corrected chi connectivity index (χ4v) is 4.92. The van der Waals surface area contributed by atoms with E-state index in [0.717, 1.165) is 38.5 Å². The van der Waals surface area contributed by atoms with Crippen molar-refractivity contribution < 1.29 is 49.4 Å². The molecule has 1 heterocycles. The zero-order chi connectivity index (χ0) is 29.2. The van der Waals surface area contributed by atoms with Crippen molar-refractivity contribution in [2.24, 2.45) is 22.7 Å². The normalized spacial score (nSPS) is 21.3. The highest BCUT2D eigenvalue weighted by atomic mass is 16.6. The molecule has 10 heteroatoms. The van der Waals surface area contributed by atoms with Gasteiger partial charge in [-0.2, -0.15) is 0 Å². The number of aliphatic hydroxyl groups is 3. The van der Waals surface area contributed by atoms with E-state index in [2.05, 4.69) is 13.8 Å². The van der Waals surface area contributed by atoms with Crippen LogP contribution in [0.15, 0.2) is 0 Å². The van der Waals surface area contributed by atoms with Crippen LogP contribution in [-0.2, 0) is 23.9 Å². The van der Waals surface area contributed by atoms with Crippen molar-refractivity contribution in [3.63, 3.8) is 0 Å². The number of cyclic esters (lactones) is 2. The molecule has 2 fully saturated rings. The van der Waals surface area contributed by atoms with Crippen molar-refractivity contribution in [1.82, 2.24) is 0 Å². The predicted octanol–water partition coefficient (Wildman–Crippen LogP) is 3.93. The lowest BCUT2D eigenvalue weighted by atomic mass is 9.63. The van der Waals surface area contributed by atoms with E-state index in [0.29, 0.717) is 25.2 Å². The molecule has 0 amide bonds. The molecule has 1 aliphatic heterocycles. The van der Waals surface area contributed by atoms with Gasteiger partial charge in [0.1, 0.15) is 0 Å². The summed E-state index contributed by atoms with van der Waals surface area (Å²) in [5.41, 5.74) is -1.14. The number of carboxylic acids is 2. The third kappa shape index (κ3) is 11.8. The van der Waals surface area contributed by atoms with Gasteiger partial charge < -0.3 is 30.3 Å². The van der Waals surface area contributed by atoms with Crippen molar-refractivity contribution in [2.45, 2.75) is 111 Å². The van der Waals surface area contributed by atoms with Gasteiger partial charge in [-0.05, 0) is 44.4 Å². The Kier molecular flexibility index (Phi) is 18.1. The van der Waals surface area contributed by atoms with Crippen LogP contribution in [0.4, 0.5) is 0 Å². The quantitative estimate of drug-likeness (QED) is 0.115. The highest BCUT2D eigenvalue weighted by Gasteiger charge is 2.58. The first kappa shape index (κ1) is 36.0. The standard InChI is InChI=1S/C16H26O3.C6H10O4.C6H14O3/c1-3-5-8-12(4-2)11-16-10-7-6-9-13(16)14(17)19-15(16)18;7-5(8)3-1-2-4-6(9)10;1-2-6(3-7,4-8)5-9/h12-13H,3-11H2,1-2H3;1-4H2,(H,7,8)(H,9,10);7-9H,2-5H2,1H3. The molecule has 1 saturated carbocycles. The molecule has 2 aliphatic rings. The Morgan fingerprint density at radius 2 is 1.50 bits per heavy atom. The van der Waals surface area contributed by atoms with Crippen molar-refractivity contribution in [1.29, 1.82) is 0 Å². The van der Waals surface area contributed by atoms with Gasteiger partial charge in [0.2, 0.25) is 0 Å². The van der Waals surface area contributed by atoms with Crippen LogP contribution in [0, 0.1) is 22.7 Å². The van der Waals surface area contributed by atoms with E-state index < -0.39 is 22.8 Å². The fourth-order valence-electron chi connectivity index (χ4n) is 4.92. The van der Waals surface area contributed by atoms with Crippen LogP contribution in [-0.4, -0.2) is 69.2 Å². The van der Waals surface area contributed by atoms with E-state index in [1.54, 1.807) is 0 Å². The maximum atomic E-state index is 12.2. The number of unbranched alkanes of at least 4 members (excludes halogenated alkanes) is 2. The van der Waals surface area contributed by atoms with Gasteiger partial charge in [0.15, 0.2) is 0 Å². The Hall–Kier alpha value is -2.04. The Morgan fingerprint density at radius 3 is 1.89 bits per heavy atom. The maximum absolute atomic E-state index is 12.2. The Labute approximate surface area is 226 Å². The Morgan fingerprint density at radius 1 is 0.947 bits per heavy atom. The van der Waals surface area contributed by atoms with Crippen molar-refractivity contribution in [3.05, 3.63) is 0 Å². The molecule has 3 atom stereocenters. The SMILES string of the molecule is CCC(CO)(CO)CO.CCCCC(CC)CC12CCCCC1C(=O)OC2=O.O=C(O)CCCCC(=O)O. The van der Waals surface area contributed by atoms with E-state index in [9.17, 15) is 19.2 Å². The smallest absolute Gasteiger partial charge is 0.320 e. The lowest BCUT2D eigenvalue weighted by Crippen LogP contribution is -2.38. The Balaban J connectivity index is 0.000000610. The largest absolute Gasteiger partial charge is 0.481 e. The zero-order valence-corrected chi connectivity index (χ0v) is 23.5. The number of aliphatic hydroxyl groups excluding tert-OH is 3. The number of hydrogen-bond acceptors (Lipinski definition) is 8. The van der Waals surface area contributed by atoms with Gasteiger partial charge in [-0.3, -0.25) is 19.2 Å². The minimum atomic E-state index is -0.870. The monoisotopic (exact) mass is 546 g/mol. The second-order valence-corrected chi connectivity index (χ2v) is 10.6. The van der Waals surface area contributed by atoms with E-state index >= 15 is 0 Å². The summed E-state index contributed by atoms with van der Waals surface area (Å²) in [7, 11) is 0. The predicted molar refractivity (Wildman–Crippen MR) is 141 cm³/mol. The summed E-state index contributed by atoms with van der Waals surface area (Å²) in [4.78, 5) is 43.9. The number of carbonyl (C=O) groups is 4. The first-order valence-corrected chi connectivity index (χ1v) is 14.0. The van der Waals surface area contributed by atoms with Crippen molar-refractivity contribution in [3.8, 4) is 0 Å². The molecule has 0 aromatic heterocycles. The second-order valence-electron chi connectivity index (χ2n) is 10.6. The number of aliphatic carboxylic acids is 2. The highest BCUT2D eigenvalue weighted by molar-refractivity contribution is 5.99. The number of carbonyl (C=O) groups excluding carboxylic acids is 2. The van der Waals surface area contributed by atoms with Crippen LogP contribution in [0.25, 0.3) is 0 Å². The summed E-state index contributed by atoms with van der Waals surface area (Å²) in [5.74, 6) is -1.81. The van der Waals surface area contributed by atoms with Crippen LogP contribution in [0.2, 0.25) is 0 Å². The van der Waals surface area contributed by atoms with Gasteiger partial charge in [-0.15, -0.1) is 0 Å². The van der Waals surface area contributed by atoms with Gasteiger partial charge in [0.25, 0.3) is 0 Å². The molecule has 0 aromatic rings. The number of fused-ring (bicyclic) bond motifs is 1. The summed E-state index contributed by atoms with van der Waals surface area (Å²) >= 11 is 0. The maximum Gasteiger partial charge on any atom is 0.320 e. The number of ether oxygens (including phenoxy) is 1. The van der Waals surface area contributed by atoms with Crippen molar-refractivity contribution in [2.75, 3.05) is 19.8 Å². The minimum Gasteiger partial charge on any atom is -0.481 e. The van der Waals surface area contributed by atoms with E-state index in [4.69, 9.17) is 30.3 Å². The summed E-state index contributed by atoms with van der Waals surface area (Å²) < 4.78 is 4.98. The Bertz CT molecular complexity index is 685.